The predicted octanol–water partition coefficient (Wildman–Crippen LogP) is 3.05. The molecule has 2 heterocycles. The largest absolute Gasteiger partial charge is 0.397 e. The Labute approximate surface area is 132 Å². The second-order valence-corrected chi connectivity index (χ2v) is 6.05. The van der Waals surface area contributed by atoms with Crippen LogP contribution in [0.1, 0.15) is 24.1 Å². The third kappa shape index (κ3) is 3.77. The van der Waals surface area contributed by atoms with Crippen molar-refractivity contribution in [1.29, 1.82) is 0 Å². The summed E-state index contributed by atoms with van der Waals surface area (Å²) in [4.78, 5) is 7.03. The van der Waals surface area contributed by atoms with E-state index < -0.39 is 0 Å². The van der Waals surface area contributed by atoms with Gasteiger partial charge in [0.1, 0.15) is 5.82 Å². The first kappa shape index (κ1) is 14.9. The first-order chi connectivity index (χ1) is 10.7. The van der Waals surface area contributed by atoms with Gasteiger partial charge in [0.25, 0.3) is 0 Å². The van der Waals surface area contributed by atoms with Gasteiger partial charge in [0.15, 0.2) is 0 Å². The summed E-state index contributed by atoms with van der Waals surface area (Å²) in [6.45, 7) is 5.25. The summed E-state index contributed by atoms with van der Waals surface area (Å²) in [5.41, 5.74) is 8.86. The molecule has 3 N–H and O–H groups in total. The molecule has 0 bridgehead atoms. The topological polar surface area (TPSA) is 54.2 Å². The van der Waals surface area contributed by atoms with E-state index in [1.165, 1.54) is 5.56 Å². The smallest absolute Gasteiger partial charge is 0.126 e. The van der Waals surface area contributed by atoms with Gasteiger partial charge in [-0.2, -0.15) is 0 Å². The molecule has 3 rings (SSSR count). The molecule has 2 aromatic rings. The molecule has 0 amide bonds. The maximum absolute atomic E-state index is 5.82. The molecular formula is C18H24N4. The third-order valence-corrected chi connectivity index (χ3v) is 4.32. The van der Waals surface area contributed by atoms with Crippen LogP contribution in [-0.4, -0.2) is 29.0 Å². The highest BCUT2D eigenvalue weighted by Gasteiger charge is 2.19. The van der Waals surface area contributed by atoms with Gasteiger partial charge in [0, 0.05) is 25.7 Å². The Morgan fingerprint density at radius 3 is 2.55 bits per heavy atom. The molecule has 0 spiro atoms. The van der Waals surface area contributed by atoms with Crippen molar-refractivity contribution in [2.45, 2.75) is 32.4 Å². The lowest BCUT2D eigenvalue weighted by Gasteiger charge is -2.32. The molecule has 4 nitrogen and oxygen atoms in total. The van der Waals surface area contributed by atoms with Crippen LogP contribution in [-0.2, 0) is 6.54 Å². The van der Waals surface area contributed by atoms with Crippen LogP contribution in [0, 0.1) is 6.92 Å². The Morgan fingerprint density at radius 1 is 1.14 bits per heavy atom. The summed E-state index contributed by atoms with van der Waals surface area (Å²) in [5.74, 6) is 0.938. The molecular weight excluding hydrogens is 272 g/mol. The summed E-state index contributed by atoms with van der Waals surface area (Å²) in [6.07, 6.45) is 2.30. The van der Waals surface area contributed by atoms with Crippen molar-refractivity contribution < 1.29 is 0 Å². The van der Waals surface area contributed by atoms with Crippen molar-refractivity contribution in [3.8, 4) is 0 Å². The minimum absolute atomic E-state index is 0.502. The van der Waals surface area contributed by atoms with Gasteiger partial charge < -0.3 is 11.1 Å². The van der Waals surface area contributed by atoms with E-state index in [0.29, 0.717) is 6.04 Å². The van der Waals surface area contributed by atoms with Gasteiger partial charge >= 0.3 is 0 Å². The number of nitrogens with one attached hydrogen (secondary N) is 1. The molecule has 0 radical (unpaired) electrons. The quantitative estimate of drug-likeness (QED) is 0.910. The fourth-order valence-electron chi connectivity index (χ4n) is 2.94. The van der Waals surface area contributed by atoms with Gasteiger partial charge in [-0.05, 0) is 37.5 Å². The molecule has 0 atom stereocenters. The third-order valence-electron chi connectivity index (χ3n) is 4.32. The minimum Gasteiger partial charge on any atom is -0.397 e. The second kappa shape index (κ2) is 6.79. The lowest BCUT2D eigenvalue weighted by Crippen LogP contribution is -2.38. The lowest BCUT2D eigenvalue weighted by molar-refractivity contribution is 0.211. The van der Waals surface area contributed by atoms with Crippen molar-refractivity contribution in [2.24, 2.45) is 0 Å². The molecule has 1 aromatic heterocycles. The van der Waals surface area contributed by atoms with Gasteiger partial charge in [0.2, 0.25) is 0 Å². The number of likely N-dealkylation sites (tertiary alicyclic amines) is 1. The van der Waals surface area contributed by atoms with Gasteiger partial charge in [-0.25, -0.2) is 4.98 Å². The Bertz CT molecular complexity index is 604. The van der Waals surface area contributed by atoms with Crippen LogP contribution in [0.2, 0.25) is 0 Å². The number of pyridine rings is 1. The summed E-state index contributed by atoms with van der Waals surface area (Å²) < 4.78 is 0. The lowest BCUT2D eigenvalue weighted by atomic mass is 10.0. The molecule has 1 aliphatic rings. The van der Waals surface area contributed by atoms with E-state index in [0.717, 1.165) is 49.7 Å². The predicted molar refractivity (Wildman–Crippen MR) is 91.8 cm³/mol. The van der Waals surface area contributed by atoms with Crippen molar-refractivity contribution in [3.63, 3.8) is 0 Å². The van der Waals surface area contributed by atoms with E-state index in [4.69, 9.17) is 5.73 Å². The molecule has 0 saturated carbocycles. The van der Waals surface area contributed by atoms with Crippen LogP contribution in [0.25, 0.3) is 0 Å². The monoisotopic (exact) mass is 296 g/mol. The van der Waals surface area contributed by atoms with Crippen LogP contribution in [0.15, 0.2) is 42.5 Å². The minimum atomic E-state index is 0.502. The molecule has 4 heteroatoms. The zero-order chi connectivity index (χ0) is 15.4. The van der Waals surface area contributed by atoms with Gasteiger partial charge in [-0.1, -0.05) is 30.3 Å². The van der Waals surface area contributed by atoms with Gasteiger partial charge in [0.05, 0.1) is 11.4 Å². The summed E-state index contributed by atoms with van der Waals surface area (Å²) in [5, 5.41) is 3.54. The van der Waals surface area contributed by atoms with E-state index in [9.17, 15) is 0 Å². The number of nitrogens with zero attached hydrogens (tertiary/aromatic N) is 2. The number of benzene rings is 1. The van der Waals surface area contributed by atoms with Crippen LogP contribution >= 0.6 is 0 Å². The molecule has 0 unspecified atom stereocenters. The maximum atomic E-state index is 5.82. The molecule has 1 saturated heterocycles. The fourth-order valence-corrected chi connectivity index (χ4v) is 2.94. The highest BCUT2D eigenvalue weighted by molar-refractivity contribution is 5.49. The number of piperidine rings is 1. The Hall–Kier alpha value is -2.07. The molecule has 1 fully saturated rings. The van der Waals surface area contributed by atoms with E-state index in [1.807, 2.05) is 19.1 Å². The standard InChI is InChI=1S/C18H24N4/c1-14-17(19)7-8-18(20-14)21-16-9-11-22(12-10-16)13-15-5-3-2-4-6-15/h2-8,16H,9-13,19H2,1H3,(H,20,21). The molecule has 1 aliphatic heterocycles. The molecule has 1 aromatic carbocycles. The average Bonchev–Trinajstić information content (AvgIpc) is 2.54. The number of anilines is 2. The zero-order valence-electron chi connectivity index (χ0n) is 13.1. The van der Waals surface area contributed by atoms with E-state index in [2.05, 4.69) is 45.5 Å². The van der Waals surface area contributed by atoms with E-state index >= 15 is 0 Å². The van der Waals surface area contributed by atoms with E-state index in [1.54, 1.807) is 0 Å². The first-order valence-electron chi connectivity index (χ1n) is 7.96. The first-order valence-corrected chi connectivity index (χ1v) is 7.96. The normalized spacial score (nSPS) is 16.6. The average molecular weight is 296 g/mol. The number of aryl methyl sites for hydroxylation is 1. The maximum Gasteiger partial charge on any atom is 0.126 e. The van der Waals surface area contributed by atoms with Crippen molar-refractivity contribution in [2.75, 3.05) is 24.1 Å². The summed E-state index contributed by atoms with van der Waals surface area (Å²) >= 11 is 0. The van der Waals surface area contributed by atoms with Crippen LogP contribution in [0.5, 0.6) is 0 Å². The summed E-state index contributed by atoms with van der Waals surface area (Å²) in [7, 11) is 0. The van der Waals surface area contributed by atoms with Crippen molar-refractivity contribution >= 4 is 11.5 Å². The van der Waals surface area contributed by atoms with Crippen LogP contribution < -0.4 is 11.1 Å². The van der Waals surface area contributed by atoms with Crippen molar-refractivity contribution in [3.05, 3.63) is 53.7 Å². The Balaban J connectivity index is 1.50. The highest BCUT2D eigenvalue weighted by atomic mass is 15.1. The number of hydrogen-bond donors (Lipinski definition) is 2. The fraction of sp³-hybridized carbons (Fsp3) is 0.389. The van der Waals surface area contributed by atoms with E-state index in [-0.39, 0.29) is 0 Å². The Morgan fingerprint density at radius 2 is 1.86 bits per heavy atom. The second-order valence-electron chi connectivity index (χ2n) is 6.05. The van der Waals surface area contributed by atoms with Crippen molar-refractivity contribution in [1.82, 2.24) is 9.88 Å². The Kier molecular flexibility index (Phi) is 4.59. The summed E-state index contributed by atoms with van der Waals surface area (Å²) in [6, 6.07) is 15.1. The van der Waals surface area contributed by atoms with Gasteiger partial charge in [-0.15, -0.1) is 0 Å². The molecule has 116 valence electrons. The van der Waals surface area contributed by atoms with Crippen LogP contribution in [0.4, 0.5) is 11.5 Å². The number of nitrogens with two attached hydrogens (primary N) is 1. The number of hydrogen-bond acceptors (Lipinski definition) is 4. The number of aromatic nitrogens is 1. The number of rotatable bonds is 4. The van der Waals surface area contributed by atoms with Crippen LogP contribution in [0.3, 0.4) is 0 Å². The van der Waals surface area contributed by atoms with Gasteiger partial charge in [-0.3, -0.25) is 4.90 Å². The molecule has 0 aliphatic carbocycles. The highest BCUT2D eigenvalue weighted by Crippen LogP contribution is 2.18. The zero-order valence-corrected chi connectivity index (χ0v) is 13.1. The SMILES string of the molecule is Cc1nc(NC2CCN(Cc3ccccc3)CC2)ccc1N. The molecule has 22 heavy (non-hydrogen) atoms. The number of nitrogen functional groups attached to an aromatic ring is 1.